The molecular formula is C35H58N6O4. The van der Waals surface area contributed by atoms with Gasteiger partial charge in [0.1, 0.15) is 5.65 Å². The molecule has 2 N–H and O–H groups in total. The topological polar surface area (TPSA) is 134 Å². The molecule has 2 aromatic heterocycles. The van der Waals surface area contributed by atoms with Crippen LogP contribution in [0.2, 0.25) is 0 Å². The molecule has 2 aromatic rings. The summed E-state index contributed by atoms with van der Waals surface area (Å²) in [5.74, 6) is 0.575. The molecule has 0 saturated carbocycles. The van der Waals surface area contributed by atoms with Crippen LogP contribution >= 0.6 is 0 Å². The molecule has 5 unspecified atom stereocenters. The van der Waals surface area contributed by atoms with Gasteiger partial charge < -0.3 is 24.3 Å². The molecule has 0 bridgehead atoms. The average Bonchev–Trinajstić information content (AvgIpc) is 3.65. The van der Waals surface area contributed by atoms with Crippen LogP contribution in [0.1, 0.15) is 103 Å². The molecule has 3 heterocycles. The SMILES string of the molecule is COCCCc1cnc2cc(C)c(C(CC(C)C)C(CC(N=[N+]=[N-])C(O)CC(C(=O)NC[C@@H]3CCCO3)C(C)C)C(C)C)cn12. The van der Waals surface area contributed by atoms with Crippen LogP contribution in [-0.2, 0) is 20.7 Å². The molecule has 0 aromatic carbocycles. The molecule has 0 aliphatic carbocycles. The van der Waals surface area contributed by atoms with Gasteiger partial charge in [-0.25, -0.2) is 4.98 Å². The molecule has 3 rings (SSSR count). The minimum atomic E-state index is -0.938. The van der Waals surface area contributed by atoms with Crippen molar-refractivity contribution >= 4 is 11.6 Å². The summed E-state index contributed by atoms with van der Waals surface area (Å²) in [6.07, 6.45) is 8.83. The van der Waals surface area contributed by atoms with Gasteiger partial charge in [-0.1, -0.05) is 46.7 Å². The molecule has 10 nitrogen and oxygen atoms in total. The Kier molecular flexibility index (Phi) is 14.6. The second-order valence-electron chi connectivity index (χ2n) is 14.2. The Morgan fingerprint density at radius 1 is 1.22 bits per heavy atom. The van der Waals surface area contributed by atoms with E-state index in [4.69, 9.17) is 9.47 Å². The van der Waals surface area contributed by atoms with Crippen molar-refractivity contribution < 1.29 is 19.4 Å². The summed E-state index contributed by atoms with van der Waals surface area (Å²) in [5.41, 5.74) is 14.1. The Balaban J connectivity index is 1.88. The lowest BCUT2D eigenvalue weighted by Gasteiger charge is -2.36. The normalized spacial score (nSPS) is 18.7. The first-order chi connectivity index (χ1) is 21.5. The number of nitrogens with one attached hydrogen (secondary N) is 1. The van der Waals surface area contributed by atoms with Crippen molar-refractivity contribution in [2.45, 2.75) is 118 Å². The molecule has 252 valence electrons. The summed E-state index contributed by atoms with van der Waals surface area (Å²) in [4.78, 5) is 21.1. The zero-order valence-electron chi connectivity index (χ0n) is 28.9. The van der Waals surface area contributed by atoms with Crippen LogP contribution in [0.4, 0.5) is 0 Å². The van der Waals surface area contributed by atoms with E-state index >= 15 is 0 Å². The predicted molar refractivity (Wildman–Crippen MR) is 179 cm³/mol. The summed E-state index contributed by atoms with van der Waals surface area (Å²) >= 11 is 0. The molecular weight excluding hydrogens is 568 g/mol. The van der Waals surface area contributed by atoms with Crippen LogP contribution in [0, 0.1) is 36.5 Å². The first kappa shape index (κ1) is 36.8. The van der Waals surface area contributed by atoms with Gasteiger partial charge in [0.25, 0.3) is 0 Å². The van der Waals surface area contributed by atoms with Crippen molar-refractivity contribution in [3.8, 4) is 0 Å². The minimum absolute atomic E-state index is 0.0214. The number of hydrogen-bond acceptors (Lipinski definition) is 6. The Morgan fingerprint density at radius 3 is 2.58 bits per heavy atom. The number of nitrogens with zero attached hydrogens (tertiary/aromatic N) is 5. The zero-order valence-corrected chi connectivity index (χ0v) is 28.9. The predicted octanol–water partition coefficient (Wildman–Crippen LogP) is 7.01. The number of aromatic nitrogens is 2. The van der Waals surface area contributed by atoms with Crippen molar-refractivity contribution in [1.29, 1.82) is 0 Å². The molecule has 1 fully saturated rings. The fourth-order valence-corrected chi connectivity index (χ4v) is 6.97. The van der Waals surface area contributed by atoms with E-state index in [-0.39, 0.29) is 42.1 Å². The maximum Gasteiger partial charge on any atom is 0.223 e. The molecule has 6 atom stereocenters. The number of hydrogen-bond donors (Lipinski definition) is 2. The average molecular weight is 627 g/mol. The lowest BCUT2D eigenvalue weighted by Crippen LogP contribution is -2.41. The minimum Gasteiger partial charge on any atom is -0.393 e. The zero-order chi connectivity index (χ0) is 33.1. The standard InChI is InChI=1S/C35H58N6O4/c1-22(2)15-30(31-21-41-26(11-9-13-44-8)19-37-34(41)16-25(31)7)28(23(3)4)17-32(39-40-36)33(42)18-29(24(5)6)35(43)38-20-27-12-10-14-45-27/h16,19,21-24,27-30,32-33,42H,9-15,17-18,20H2,1-8H3,(H,38,43)/t27-,28?,29?,30?,32?,33?/m0/s1. The number of aliphatic hydroxyl groups is 1. The lowest BCUT2D eigenvalue weighted by atomic mass is 9.71. The van der Waals surface area contributed by atoms with E-state index in [1.807, 2.05) is 20.0 Å². The quantitative estimate of drug-likeness (QED) is 0.0749. The largest absolute Gasteiger partial charge is 0.393 e. The van der Waals surface area contributed by atoms with Crippen molar-refractivity contribution in [1.82, 2.24) is 14.7 Å². The van der Waals surface area contributed by atoms with Crippen LogP contribution in [0.15, 0.2) is 23.6 Å². The third-order valence-electron chi connectivity index (χ3n) is 9.57. The highest BCUT2D eigenvalue weighted by molar-refractivity contribution is 5.79. The van der Waals surface area contributed by atoms with Gasteiger partial charge in [0.15, 0.2) is 0 Å². The number of aliphatic hydroxyl groups excluding tert-OH is 1. The molecule has 1 saturated heterocycles. The molecule has 45 heavy (non-hydrogen) atoms. The Hall–Kier alpha value is -2.65. The molecule has 0 spiro atoms. The van der Waals surface area contributed by atoms with E-state index in [1.54, 1.807) is 7.11 Å². The highest BCUT2D eigenvalue weighted by atomic mass is 16.5. The number of fused-ring (bicyclic) bond motifs is 1. The smallest absolute Gasteiger partial charge is 0.223 e. The van der Waals surface area contributed by atoms with E-state index in [1.165, 1.54) is 11.1 Å². The third-order valence-corrected chi connectivity index (χ3v) is 9.57. The number of carbonyl (C=O) groups is 1. The van der Waals surface area contributed by atoms with E-state index in [2.05, 4.69) is 71.6 Å². The van der Waals surface area contributed by atoms with Crippen LogP contribution in [0.5, 0.6) is 0 Å². The van der Waals surface area contributed by atoms with Crippen molar-refractivity contribution in [2.75, 3.05) is 26.9 Å². The van der Waals surface area contributed by atoms with E-state index < -0.39 is 18.1 Å². The highest BCUT2D eigenvalue weighted by Gasteiger charge is 2.35. The van der Waals surface area contributed by atoms with Crippen LogP contribution in [-0.4, -0.2) is 65.5 Å². The molecule has 10 heteroatoms. The number of aryl methyl sites for hydroxylation is 2. The number of methoxy groups -OCH3 is 1. The number of azide groups is 1. The van der Waals surface area contributed by atoms with Gasteiger partial charge in [-0.05, 0) is 104 Å². The molecule has 0 radical (unpaired) electrons. The summed E-state index contributed by atoms with van der Waals surface area (Å²) in [7, 11) is 1.73. The second-order valence-corrected chi connectivity index (χ2v) is 14.2. The van der Waals surface area contributed by atoms with Crippen molar-refractivity contribution in [3.05, 3.63) is 45.7 Å². The first-order valence-electron chi connectivity index (χ1n) is 17.0. The van der Waals surface area contributed by atoms with Gasteiger partial charge in [-0.3, -0.25) is 4.79 Å². The van der Waals surface area contributed by atoms with Crippen molar-refractivity contribution in [3.63, 3.8) is 0 Å². The lowest BCUT2D eigenvalue weighted by molar-refractivity contribution is -0.128. The maximum atomic E-state index is 13.2. The van der Waals surface area contributed by atoms with Gasteiger partial charge in [-0.2, -0.15) is 0 Å². The first-order valence-corrected chi connectivity index (χ1v) is 17.0. The number of carbonyl (C=O) groups excluding carboxylic acids is 1. The summed E-state index contributed by atoms with van der Waals surface area (Å²) in [6, 6.07) is 1.52. The summed E-state index contributed by atoms with van der Waals surface area (Å²) in [5, 5.41) is 18.8. The Morgan fingerprint density at radius 2 is 1.98 bits per heavy atom. The number of imidazole rings is 1. The van der Waals surface area contributed by atoms with E-state index in [0.29, 0.717) is 25.5 Å². The summed E-state index contributed by atoms with van der Waals surface area (Å²) < 4.78 is 13.2. The fraction of sp³-hybridized carbons (Fsp3) is 0.771. The third kappa shape index (κ3) is 10.4. The van der Waals surface area contributed by atoms with Gasteiger partial charge in [0, 0.05) is 55.8 Å². The number of pyridine rings is 1. The van der Waals surface area contributed by atoms with E-state index in [0.717, 1.165) is 50.1 Å². The molecule has 1 aliphatic rings. The van der Waals surface area contributed by atoms with Crippen LogP contribution < -0.4 is 5.32 Å². The fourth-order valence-electron chi connectivity index (χ4n) is 6.97. The van der Waals surface area contributed by atoms with Gasteiger partial charge >= 0.3 is 0 Å². The van der Waals surface area contributed by atoms with E-state index in [9.17, 15) is 15.4 Å². The van der Waals surface area contributed by atoms with Crippen molar-refractivity contribution in [2.24, 2.45) is 34.7 Å². The van der Waals surface area contributed by atoms with Gasteiger partial charge in [-0.15, -0.1) is 0 Å². The monoisotopic (exact) mass is 626 g/mol. The highest BCUT2D eigenvalue weighted by Crippen LogP contribution is 2.41. The number of ether oxygens (including phenoxy) is 2. The molecule has 1 aliphatic heterocycles. The van der Waals surface area contributed by atoms with Crippen LogP contribution in [0.3, 0.4) is 0 Å². The maximum absolute atomic E-state index is 13.2. The van der Waals surface area contributed by atoms with Gasteiger partial charge in [0.05, 0.1) is 18.2 Å². The number of amides is 1. The van der Waals surface area contributed by atoms with Crippen LogP contribution in [0.25, 0.3) is 16.1 Å². The Labute approximate surface area is 270 Å². The number of rotatable bonds is 19. The molecule has 1 amide bonds. The summed E-state index contributed by atoms with van der Waals surface area (Å²) in [6.45, 7) is 17.0. The second kappa shape index (κ2) is 17.9. The van der Waals surface area contributed by atoms with Gasteiger partial charge in [0.2, 0.25) is 5.91 Å². The Bertz CT molecular complexity index is 1250.